The first-order valence-electron chi connectivity index (χ1n) is 6.06. The van der Waals surface area contributed by atoms with E-state index in [9.17, 15) is 14.0 Å². The highest BCUT2D eigenvalue weighted by atomic mass is 35.5. The van der Waals surface area contributed by atoms with Gasteiger partial charge >= 0.3 is 0 Å². The van der Waals surface area contributed by atoms with Gasteiger partial charge < -0.3 is 15.1 Å². The smallest absolute Gasteiger partial charge is 0.279 e. The molecule has 0 aromatic heterocycles. The predicted molar refractivity (Wildman–Crippen MR) is 75.4 cm³/mol. The lowest BCUT2D eigenvalue weighted by Crippen LogP contribution is -3.11. The highest BCUT2D eigenvalue weighted by Crippen LogP contribution is 2.21. The van der Waals surface area contributed by atoms with Crippen LogP contribution in [0.4, 0.5) is 10.1 Å². The molecular weight excluding hydrogens is 285 g/mol. The first-order valence-corrected chi connectivity index (χ1v) is 6.43. The number of anilines is 1. The number of quaternary nitrogens is 1. The van der Waals surface area contributed by atoms with Crippen molar-refractivity contribution in [2.45, 2.75) is 0 Å². The number of nitrogens with one attached hydrogen (secondary N) is 2. The Labute approximate surface area is 122 Å². The number of nitrogens with zero attached hydrogens (tertiary/aromatic N) is 1. The summed E-state index contributed by atoms with van der Waals surface area (Å²) >= 11 is 5.81. The first kappa shape index (κ1) is 16.4. The van der Waals surface area contributed by atoms with Crippen molar-refractivity contribution in [2.75, 3.05) is 39.5 Å². The van der Waals surface area contributed by atoms with Gasteiger partial charge in [0, 0.05) is 14.1 Å². The van der Waals surface area contributed by atoms with E-state index >= 15 is 0 Å². The lowest BCUT2D eigenvalue weighted by atomic mass is 10.3. The van der Waals surface area contributed by atoms with E-state index in [1.807, 2.05) is 0 Å². The van der Waals surface area contributed by atoms with Crippen LogP contribution in [0, 0.1) is 5.82 Å². The molecule has 2 N–H and O–H groups in total. The fourth-order valence-corrected chi connectivity index (χ4v) is 1.75. The highest BCUT2D eigenvalue weighted by Gasteiger charge is 2.16. The minimum Gasteiger partial charge on any atom is -0.344 e. The minimum absolute atomic E-state index is 0.0601. The van der Waals surface area contributed by atoms with E-state index in [0.29, 0.717) is 5.69 Å². The van der Waals surface area contributed by atoms with Gasteiger partial charge in [-0.2, -0.15) is 0 Å². The summed E-state index contributed by atoms with van der Waals surface area (Å²) in [6, 6.07) is 3.74. The molecule has 110 valence electrons. The van der Waals surface area contributed by atoms with Crippen LogP contribution >= 0.6 is 11.6 Å². The molecule has 20 heavy (non-hydrogen) atoms. The van der Waals surface area contributed by atoms with Crippen molar-refractivity contribution in [2.24, 2.45) is 0 Å². The molecule has 0 radical (unpaired) electrons. The molecular formula is C13H18ClFN3O2+. The largest absolute Gasteiger partial charge is 0.344 e. The zero-order chi connectivity index (χ0) is 15.3. The molecule has 7 heteroatoms. The Balaban J connectivity index is 2.53. The van der Waals surface area contributed by atoms with Crippen LogP contribution in [0.3, 0.4) is 0 Å². The highest BCUT2D eigenvalue weighted by molar-refractivity contribution is 6.33. The Morgan fingerprint density at radius 2 is 2.00 bits per heavy atom. The zero-order valence-corrected chi connectivity index (χ0v) is 12.4. The molecule has 0 spiro atoms. The van der Waals surface area contributed by atoms with Gasteiger partial charge in [-0.3, -0.25) is 9.59 Å². The van der Waals surface area contributed by atoms with Gasteiger partial charge in [0.05, 0.1) is 17.8 Å². The molecule has 0 aliphatic rings. The van der Waals surface area contributed by atoms with Crippen LogP contribution in [0.5, 0.6) is 0 Å². The Morgan fingerprint density at radius 3 is 2.55 bits per heavy atom. The summed E-state index contributed by atoms with van der Waals surface area (Å²) in [7, 11) is 5.06. The predicted octanol–water partition coefficient (Wildman–Crippen LogP) is 0.0205. The van der Waals surface area contributed by atoms with Crippen molar-refractivity contribution < 1.29 is 18.9 Å². The van der Waals surface area contributed by atoms with Gasteiger partial charge in [-0.1, -0.05) is 11.6 Å². The molecule has 0 saturated heterocycles. The average molecular weight is 303 g/mol. The van der Waals surface area contributed by atoms with Crippen LogP contribution in [0.1, 0.15) is 0 Å². The van der Waals surface area contributed by atoms with Gasteiger partial charge in [0.25, 0.3) is 11.8 Å². The summed E-state index contributed by atoms with van der Waals surface area (Å²) in [5.74, 6) is -0.815. The van der Waals surface area contributed by atoms with Gasteiger partial charge in [-0.25, -0.2) is 4.39 Å². The van der Waals surface area contributed by atoms with Crippen molar-refractivity contribution in [3.8, 4) is 0 Å². The summed E-state index contributed by atoms with van der Waals surface area (Å²) in [4.78, 5) is 25.5. The molecule has 0 bridgehead atoms. The number of amides is 2. The topological polar surface area (TPSA) is 53.9 Å². The number of hydrogen-bond donors (Lipinski definition) is 2. The second-order valence-electron chi connectivity index (χ2n) is 4.77. The molecule has 5 nitrogen and oxygen atoms in total. The molecule has 1 aromatic carbocycles. The summed E-state index contributed by atoms with van der Waals surface area (Å²) in [6.45, 7) is 0.338. The normalized spacial score (nSPS) is 11.8. The van der Waals surface area contributed by atoms with E-state index < -0.39 is 5.82 Å². The number of halogens is 2. The lowest BCUT2D eigenvalue weighted by Gasteiger charge is -2.16. The summed E-state index contributed by atoms with van der Waals surface area (Å²) in [6.07, 6.45) is 0. The molecule has 1 rings (SSSR count). The molecule has 0 aliphatic carbocycles. The third kappa shape index (κ3) is 5.14. The average Bonchev–Trinajstić information content (AvgIpc) is 2.32. The second-order valence-corrected chi connectivity index (χ2v) is 5.18. The second kappa shape index (κ2) is 7.21. The van der Waals surface area contributed by atoms with Crippen LogP contribution in [-0.4, -0.2) is 50.9 Å². The number of rotatable bonds is 5. The van der Waals surface area contributed by atoms with Crippen LogP contribution in [0.25, 0.3) is 0 Å². The molecule has 0 aliphatic heterocycles. The van der Waals surface area contributed by atoms with Crippen molar-refractivity contribution in [3.05, 3.63) is 29.0 Å². The van der Waals surface area contributed by atoms with E-state index in [0.717, 1.165) is 11.0 Å². The maximum atomic E-state index is 12.9. The lowest BCUT2D eigenvalue weighted by molar-refractivity contribution is -0.862. The van der Waals surface area contributed by atoms with Gasteiger partial charge in [-0.15, -0.1) is 0 Å². The zero-order valence-electron chi connectivity index (χ0n) is 11.7. The Kier molecular flexibility index (Phi) is 5.91. The van der Waals surface area contributed by atoms with Gasteiger partial charge in [-0.05, 0) is 18.2 Å². The van der Waals surface area contributed by atoms with E-state index in [2.05, 4.69) is 5.32 Å². The molecule has 0 saturated carbocycles. The summed E-state index contributed by atoms with van der Waals surface area (Å²) < 4.78 is 12.9. The van der Waals surface area contributed by atoms with E-state index in [-0.39, 0.29) is 29.9 Å². The van der Waals surface area contributed by atoms with Crippen LogP contribution in [-0.2, 0) is 9.59 Å². The number of benzene rings is 1. The van der Waals surface area contributed by atoms with Crippen molar-refractivity contribution in [3.63, 3.8) is 0 Å². The van der Waals surface area contributed by atoms with Gasteiger partial charge in [0.1, 0.15) is 5.82 Å². The number of likely N-dealkylation sites (N-methyl/N-ethyl adjacent to an activating group) is 2. The molecule has 1 unspecified atom stereocenters. The minimum atomic E-state index is -0.465. The van der Waals surface area contributed by atoms with Crippen LogP contribution < -0.4 is 10.2 Å². The van der Waals surface area contributed by atoms with Crippen molar-refractivity contribution in [1.29, 1.82) is 0 Å². The number of carbonyl (C=O) groups is 2. The van der Waals surface area contributed by atoms with Crippen LogP contribution in [0.2, 0.25) is 5.02 Å². The summed E-state index contributed by atoms with van der Waals surface area (Å²) in [5.41, 5.74) is 0.352. The third-order valence-corrected chi connectivity index (χ3v) is 2.93. The van der Waals surface area contributed by atoms with E-state index in [1.165, 1.54) is 17.0 Å². The third-order valence-electron chi connectivity index (χ3n) is 2.62. The Bertz CT molecular complexity index is 508. The fraction of sp³-hybridized carbons (Fsp3) is 0.385. The van der Waals surface area contributed by atoms with Gasteiger partial charge in [0.15, 0.2) is 13.1 Å². The number of hydrogen-bond acceptors (Lipinski definition) is 2. The van der Waals surface area contributed by atoms with Crippen LogP contribution in [0.15, 0.2) is 18.2 Å². The number of carbonyl (C=O) groups excluding carboxylic acids is 2. The maximum absolute atomic E-state index is 12.9. The molecule has 1 aromatic rings. The standard InChI is InChI=1S/C13H17ClFN3O2/c1-17(2)13(20)8-18(3)7-12(19)16-11-5-4-9(15)6-10(11)14/h4-6H,7-8H2,1-3H3,(H,16,19)/p+1. The quantitative estimate of drug-likeness (QED) is 0.806. The monoisotopic (exact) mass is 302 g/mol. The maximum Gasteiger partial charge on any atom is 0.279 e. The Morgan fingerprint density at radius 1 is 1.35 bits per heavy atom. The first-order chi connectivity index (χ1) is 9.29. The fourth-order valence-electron chi connectivity index (χ4n) is 1.54. The molecule has 1 atom stereocenters. The SMILES string of the molecule is CN(C)C(=O)C[NH+](C)CC(=O)Nc1ccc(F)cc1Cl. The van der Waals surface area contributed by atoms with E-state index in [1.54, 1.807) is 21.1 Å². The van der Waals surface area contributed by atoms with E-state index in [4.69, 9.17) is 11.6 Å². The molecule has 0 fully saturated rings. The van der Waals surface area contributed by atoms with Gasteiger partial charge in [0.2, 0.25) is 0 Å². The van der Waals surface area contributed by atoms with Crippen molar-refractivity contribution >= 4 is 29.1 Å². The van der Waals surface area contributed by atoms with Crippen molar-refractivity contribution in [1.82, 2.24) is 4.90 Å². The summed E-state index contributed by atoms with van der Waals surface area (Å²) in [5, 5.41) is 2.73. The molecule has 2 amide bonds. The Hall–Kier alpha value is -1.66. The molecule has 0 heterocycles.